The van der Waals surface area contributed by atoms with Gasteiger partial charge >= 0.3 is 0 Å². The molecule has 5 nitrogen and oxygen atoms in total. The lowest BCUT2D eigenvalue weighted by Gasteiger charge is -2.30. The van der Waals surface area contributed by atoms with Crippen molar-refractivity contribution in [2.75, 3.05) is 20.2 Å². The quantitative estimate of drug-likeness (QED) is 0.342. The number of hydrogen-bond acceptors (Lipinski definition) is 4. The summed E-state index contributed by atoms with van der Waals surface area (Å²) in [6, 6.07) is 7.10. The number of Topliss-reactive ketones (excluding diaryl/α,β-unsaturated/α-hetero) is 1. The summed E-state index contributed by atoms with van der Waals surface area (Å²) in [6.45, 7) is 16.1. The summed E-state index contributed by atoms with van der Waals surface area (Å²) < 4.78 is 6.04. The lowest BCUT2D eigenvalue weighted by molar-refractivity contribution is -0.0297. The van der Waals surface area contributed by atoms with E-state index in [2.05, 4.69) is 45.3 Å². The zero-order valence-corrected chi connectivity index (χ0v) is 21.6. The first-order valence-electron chi connectivity index (χ1n) is 12.2. The molecule has 1 atom stereocenters. The average Bonchev–Trinajstić information content (AvgIpc) is 2.70. The zero-order valence-electron chi connectivity index (χ0n) is 21.6. The topological polar surface area (TPSA) is 67.4 Å². The Kier molecular flexibility index (Phi) is 11.6. The predicted molar refractivity (Wildman–Crippen MR) is 133 cm³/mol. The molecule has 1 aromatic rings. The van der Waals surface area contributed by atoms with Gasteiger partial charge in [0, 0.05) is 29.2 Å². The van der Waals surface area contributed by atoms with Crippen LogP contribution in [0.5, 0.6) is 0 Å². The second-order valence-corrected chi connectivity index (χ2v) is 10.6. The van der Waals surface area contributed by atoms with Crippen LogP contribution in [0.2, 0.25) is 0 Å². The number of ether oxygens (including phenoxy) is 1. The molecule has 32 heavy (non-hydrogen) atoms. The van der Waals surface area contributed by atoms with Crippen LogP contribution in [0.4, 0.5) is 0 Å². The smallest absolute Gasteiger partial charge is 0.251 e. The standard InChI is InChI=1S/C27H46N2O3/c1-9-10-23(19-20(2)3)24(30)21-11-13-22(14-12-21)25(31)29-26(4,5)16-18-32-27(6,7)15-17-28-8/h11-14,20,23,28H,9-10,15-19H2,1-8H3,(H,29,31). The SMILES string of the molecule is CCCC(CC(C)C)C(=O)c1ccc(C(=O)NC(C)(C)CCOC(C)(C)CCNC)cc1. The van der Waals surface area contributed by atoms with Crippen LogP contribution in [0.1, 0.15) is 101 Å². The third-order valence-electron chi connectivity index (χ3n) is 5.84. The fourth-order valence-electron chi connectivity index (χ4n) is 3.82. The number of ketones is 1. The van der Waals surface area contributed by atoms with Crippen molar-refractivity contribution in [1.29, 1.82) is 0 Å². The van der Waals surface area contributed by atoms with Crippen molar-refractivity contribution < 1.29 is 14.3 Å². The van der Waals surface area contributed by atoms with Gasteiger partial charge in [0.2, 0.25) is 0 Å². The summed E-state index contributed by atoms with van der Waals surface area (Å²) in [7, 11) is 1.94. The highest BCUT2D eigenvalue weighted by Gasteiger charge is 2.25. The van der Waals surface area contributed by atoms with Crippen molar-refractivity contribution in [3.05, 3.63) is 35.4 Å². The summed E-state index contributed by atoms with van der Waals surface area (Å²) in [4.78, 5) is 25.7. The average molecular weight is 447 g/mol. The molecule has 0 aliphatic carbocycles. The van der Waals surface area contributed by atoms with Gasteiger partial charge < -0.3 is 15.4 Å². The molecule has 0 aliphatic rings. The fourth-order valence-corrected chi connectivity index (χ4v) is 3.82. The molecular formula is C27H46N2O3. The number of hydrogen-bond donors (Lipinski definition) is 2. The van der Waals surface area contributed by atoms with Gasteiger partial charge in [-0.2, -0.15) is 0 Å². The highest BCUT2D eigenvalue weighted by molar-refractivity contribution is 6.00. The van der Waals surface area contributed by atoms with E-state index in [9.17, 15) is 9.59 Å². The van der Waals surface area contributed by atoms with Crippen LogP contribution < -0.4 is 10.6 Å². The Morgan fingerprint density at radius 3 is 2.12 bits per heavy atom. The van der Waals surface area contributed by atoms with E-state index in [4.69, 9.17) is 4.74 Å². The molecule has 182 valence electrons. The van der Waals surface area contributed by atoms with E-state index in [0.29, 0.717) is 30.1 Å². The third-order valence-corrected chi connectivity index (χ3v) is 5.84. The van der Waals surface area contributed by atoms with E-state index in [1.165, 1.54) is 0 Å². The molecule has 0 radical (unpaired) electrons. The number of rotatable bonds is 15. The van der Waals surface area contributed by atoms with Crippen molar-refractivity contribution in [2.24, 2.45) is 11.8 Å². The Labute approximate surface area is 196 Å². The van der Waals surface area contributed by atoms with Crippen molar-refractivity contribution in [3.63, 3.8) is 0 Å². The summed E-state index contributed by atoms with van der Waals surface area (Å²) in [5, 5.41) is 6.25. The van der Waals surface area contributed by atoms with Gasteiger partial charge in [0.1, 0.15) is 0 Å². The van der Waals surface area contributed by atoms with E-state index < -0.39 is 5.54 Å². The third kappa shape index (κ3) is 10.3. The number of carbonyl (C=O) groups is 2. The highest BCUT2D eigenvalue weighted by atomic mass is 16.5. The van der Waals surface area contributed by atoms with Gasteiger partial charge in [0.05, 0.1) is 5.60 Å². The van der Waals surface area contributed by atoms with Gasteiger partial charge in [-0.3, -0.25) is 9.59 Å². The second-order valence-electron chi connectivity index (χ2n) is 10.6. The highest BCUT2D eigenvalue weighted by Crippen LogP contribution is 2.23. The van der Waals surface area contributed by atoms with Gasteiger partial charge in [-0.05, 0) is 85.0 Å². The Balaban J connectivity index is 2.68. The molecule has 0 saturated heterocycles. The molecule has 0 aliphatic heterocycles. The summed E-state index contributed by atoms with van der Waals surface area (Å²) in [5.41, 5.74) is 0.670. The van der Waals surface area contributed by atoms with Crippen molar-refractivity contribution in [2.45, 2.75) is 91.7 Å². The van der Waals surface area contributed by atoms with Crippen molar-refractivity contribution >= 4 is 11.7 Å². The number of nitrogens with one attached hydrogen (secondary N) is 2. The van der Waals surface area contributed by atoms with Gasteiger partial charge in [0.25, 0.3) is 5.91 Å². The Morgan fingerprint density at radius 1 is 1.00 bits per heavy atom. The lowest BCUT2D eigenvalue weighted by atomic mass is 9.86. The normalized spacial score (nSPS) is 13.3. The monoisotopic (exact) mass is 446 g/mol. The Bertz CT molecular complexity index is 708. The lowest BCUT2D eigenvalue weighted by Crippen LogP contribution is -2.44. The van der Waals surface area contributed by atoms with Gasteiger partial charge in [-0.15, -0.1) is 0 Å². The second kappa shape index (κ2) is 13.1. The maximum Gasteiger partial charge on any atom is 0.251 e. The molecule has 0 aromatic heterocycles. The first-order chi connectivity index (χ1) is 14.9. The van der Waals surface area contributed by atoms with Crippen LogP contribution in [0.15, 0.2) is 24.3 Å². The minimum Gasteiger partial charge on any atom is -0.375 e. The minimum absolute atomic E-state index is 0.0518. The minimum atomic E-state index is -0.395. The molecule has 0 heterocycles. The molecule has 1 unspecified atom stereocenters. The fraction of sp³-hybridized carbons (Fsp3) is 0.704. The number of carbonyl (C=O) groups excluding carboxylic acids is 2. The number of amides is 1. The van der Waals surface area contributed by atoms with Gasteiger partial charge in [0.15, 0.2) is 5.78 Å². The predicted octanol–water partition coefficient (Wildman–Crippen LogP) is 5.63. The molecule has 2 N–H and O–H groups in total. The first kappa shape index (κ1) is 28.3. The zero-order chi connectivity index (χ0) is 24.4. The van der Waals surface area contributed by atoms with Crippen LogP contribution in [0.25, 0.3) is 0 Å². The van der Waals surface area contributed by atoms with E-state index in [0.717, 1.165) is 32.2 Å². The summed E-state index contributed by atoms with van der Waals surface area (Å²) >= 11 is 0. The van der Waals surface area contributed by atoms with E-state index in [-0.39, 0.29) is 23.2 Å². The molecule has 1 aromatic carbocycles. The van der Waals surface area contributed by atoms with Crippen molar-refractivity contribution in [1.82, 2.24) is 10.6 Å². The maximum atomic E-state index is 12.9. The van der Waals surface area contributed by atoms with Crippen LogP contribution in [0, 0.1) is 11.8 Å². The molecule has 0 bridgehead atoms. The molecule has 0 saturated carbocycles. The maximum absolute atomic E-state index is 12.9. The molecule has 1 rings (SSSR count). The largest absolute Gasteiger partial charge is 0.375 e. The first-order valence-corrected chi connectivity index (χ1v) is 12.2. The summed E-state index contributed by atoms with van der Waals surface area (Å²) in [6.07, 6.45) is 4.44. The number of benzene rings is 1. The Morgan fingerprint density at radius 2 is 1.59 bits per heavy atom. The van der Waals surface area contributed by atoms with Gasteiger partial charge in [-0.1, -0.05) is 39.3 Å². The molecule has 1 amide bonds. The molecule has 5 heteroatoms. The van der Waals surface area contributed by atoms with E-state index >= 15 is 0 Å². The van der Waals surface area contributed by atoms with E-state index in [1.807, 2.05) is 20.9 Å². The molecular weight excluding hydrogens is 400 g/mol. The summed E-state index contributed by atoms with van der Waals surface area (Å²) in [5.74, 6) is 0.596. The van der Waals surface area contributed by atoms with Crippen LogP contribution in [0.3, 0.4) is 0 Å². The molecule has 0 spiro atoms. The van der Waals surface area contributed by atoms with E-state index in [1.54, 1.807) is 24.3 Å². The molecule has 0 fully saturated rings. The van der Waals surface area contributed by atoms with Crippen LogP contribution in [-0.4, -0.2) is 43.0 Å². The van der Waals surface area contributed by atoms with Crippen LogP contribution in [-0.2, 0) is 4.74 Å². The van der Waals surface area contributed by atoms with Crippen LogP contribution >= 0.6 is 0 Å². The van der Waals surface area contributed by atoms with Gasteiger partial charge in [-0.25, -0.2) is 0 Å². The van der Waals surface area contributed by atoms with Crippen molar-refractivity contribution in [3.8, 4) is 0 Å². The Hall–Kier alpha value is -1.72.